The van der Waals surface area contributed by atoms with Gasteiger partial charge in [-0.2, -0.15) is 4.31 Å². The van der Waals surface area contributed by atoms with Crippen molar-refractivity contribution < 1.29 is 17.9 Å². The average molecular weight is 429 g/mol. The van der Waals surface area contributed by atoms with E-state index in [-0.39, 0.29) is 23.2 Å². The maximum absolute atomic E-state index is 12.6. The van der Waals surface area contributed by atoms with Gasteiger partial charge in [-0.15, -0.1) is 11.3 Å². The number of piperazine rings is 1. The Balaban J connectivity index is 1.58. The van der Waals surface area contributed by atoms with E-state index >= 15 is 0 Å². The molecule has 0 radical (unpaired) electrons. The Morgan fingerprint density at radius 1 is 1.11 bits per heavy atom. The number of ether oxygens (including phenoxy) is 1. The summed E-state index contributed by atoms with van der Waals surface area (Å²) in [7, 11) is -3.57. The van der Waals surface area contributed by atoms with Crippen molar-refractivity contribution in [2.24, 2.45) is 0 Å². The lowest BCUT2D eigenvalue weighted by Gasteiger charge is -2.34. The quantitative estimate of drug-likeness (QED) is 0.734. The molecule has 3 rings (SSSR count). The Bertz CT molecular complexity index is 904. The van der Waals surface area contributed by atoms with Crippen molar-refractivity contribution in [3.63, 3.8) is 0 Å². The number of carbonyl (C=O) groups excluding carboxylic acids is 1. The highest BCUT2D eigenvalue weighted by atomic mass is 35.5. The molecule has 1 fully saturated rings. The standard InChI is InChI=1S/C18H21ClN2O4S2/c1-13-3-5-15(6-4-13)25-14(2)18(22)20-9-11-21(12-10-20)27(23,24)17-8-7-16(19)26-17/h3-8,14H,9-12H2,1-2H3. The number of hydrogen-bond acceptors (Lipinski definition) is 5. The monoisotopic (exact) mass is 428 g/mol. The van der Waals surface area contributed by atoms with Gasteiger partial charge in [-0.25, -0.2) is 8.42 Å². The van der Waals surface area contributed by atoms with E-state index in [1.807, 2.05) is 31.2 Å². The number of halogens is 1. The van der Waals surface area contributed by atoms with Gasteiger partial charge in [0, 0.05) is 26.2 Å². The van der Waals surface area contributed by atoms with Gasteiger partial charge in [-0.05, 0) is 38.1 Å². The largest absolute Gasteiger partial charge is 0.481 e. The molecule has 9 heteroatoms. The minimum Gasteiger partial charge on any atom is -0.481 e. The van der Waals surface area contributed by atoms with Gasteiger partial charge in [0.1, 0.15) is 9.96 Å². The highest BCUT2D eigenvalue weighted by Gasteiger charge is 2.32. The minimum atomic E-state index is -3.57. The first-order chi connectivity index (χ1) is 12.8. The van der Waals surface area contributed by atoms with Crippen molar-refractivity contribution in [2.75, 3.05) is 26.2 Å². The number of nitrogens with zero attached hydrogens (tertiary/aromatic N) is 2. The lowest BCUT2D eigenvalue weighted by Crippen LogP contribution is -2.53. The zero-order valence-corrected chi connectivity index (χ0v) is 17.5. The van der Waals surface area contributed by atoms with Crippen molar-refractivity contribution in [2.45, 2.75) is 24.2 Å². The first kappa shape index (κ1) is 20.1. The summed E-state index contributed by atoms with van der Waals surface area (Å²) in [6.45, 7) is 4.86. The van der Waals surface area contributed by atoms with Crippen LogP contribution in [-0.2, 0) is 14.8 Å². The number of carbonyl (C=O) groups is 1. The fraction of sp³-hybridized carbons (Fsp3) is 0.389. The van der Waals surface area contributed by atoms with Crippen LogP contribution >= 0.6 is 22.9 Å². The Morgan fingerprint density at radius 3 is 2.30 bits per heavy atom. The Labute approximate surface area is 168 Å². The lowest BCUT2D eigenvalue weighted by atomic mass is 10.2. The third-order valence-electron chi connectivity index (χ3n) is 4.37. The molecule has 2 aromatic rings. The molecule has 1 unspecified atom stereocenters. The molecule has 1 amide bonds. The predicted molar refractivity (Wildman–Crippen MR) is 106 cm³/mol. The predicted octanol–water partition coefficient (Wildman–Crippen LogP) is 3.01. The van der Waals surface area contributed by atoms with Crippen LogP contribution < -0.4 is 4.74 Å². The van der Waals surface area contributed by atoms with E-state index in [1.54, 1.807) is 17.9 Å². The SMILES string of the molecule is Cc1ccc(OC(C)C(=O)N2CCN(S(=O)(=O)c3ccc(Cl)s3)CC2)cc1. The van der Waals surface area contributed by atoms with Crippen LogP contribution in [0.25, 0.3) is 0 Å². The van der Waals surface area contributed by atoms with Crippen LogP contribution in [0.3, 0.4) is 0 Å². The zero-order valence-electron chi connectivity index (χ0n) is 15.1. The molecule has 1 atom stereocenters. The summed E-state index contributed by atoms with van der Waals surface area (Å²) in [5.41, 5.74) is 1.12. The second kappa shape index (κ2) is 8.18. The topological polar surface area (TPSA) is 66.9 Å². The van der Waals surface area contributed by atoms with Gasteiger partial charge in [-0.3, -0.25) is 4.79 Å². The summed E-state index contributed by atoms with van der Waals surface area (Å²) >= 11 is 6.89. The number of sulfonamides is 1. The molecule has 1 aromatic heterocycles. The fourth-order valence-electron chi connectivity index (χ4n) is 2.84. The molecular weight excluding hydrogens is 408 g/mol. The molecule has 1 aromatic carbocycles. The van der Waals surface area contributed by atoms with Crippen molar-refractivity contribution in [3.05, 3.63) is 46.3 Å². The van der Waals surface area contributed by atoms with Crippen molar-refractivity contribution >= 4 is 38.9 Å². The van der Waals surface area contributed by atoms with E-state index in [1.165, 1.54) is 10.4 Å². The van der Waals surface area contributed by atoms with Crippen molar-refractivity contribution in [1.29, 1.82) is 0 Å². The van der Waals surface area contributed by atoms with Crippen LogP contribution in [0.5, 0.6) is 5.75 Å². The molecular formula is C18H21ClN2O4S2. The molecule has 0 bridgehead atoms. The molecule has 0 N–H and O–H groups in total. The van der Waals surface area contributed by atoms with Gasteiger partial charge in [0.05, 0.1) is 4.34 Å². The molecule has 1 saturated heterocycles. The average Bonchev–Trinajstić information content (AvgIpc) is 3.10. The van der Waals surface area contributed by atoms with Gasteiger partial charge >= 0.3 is 0 Å². The van der Waals surface area contributed by atoms with E-state index in [0.717, 1.165) is 16.9 Å². The molecule has 0 spiro atoms. The Morgan fingerprint density at radius 2 is 1.74 bits per heavy atom. The Hall–Kier alpha value is -1.61. The summed E-state index contributed by atoms with van der Waals surface area (Å²) in [5, 5.41) is 0. The second-order valence-electron chi connectivity index (χ2n) is 6.36. The maximum Gasteiger partial charge on any atom is 0.263 e. The third-order valence-corrected chi connectivity index (χ3v) is 7.97. The fourth-order valence-corrected chi connectivity index (χ4v) is 5.90. The number of aryl methyl sites for hydroxylation is 1. The van der Waals surface area contributed by atoms with E-state index in [0.29, 0.717) is 23.2 Å². The van der Waals surface area contributed by atoms with Crippen LogP contribution in [0.1, 0.15) is 12.5 Å². The van der Waals surface area contributed by atoms with Crippen LogP contribution in [0.4, 0.5) is 0 Å². The minimum absolute atomic E-state index is 0.146. The summed E-state index contributed by atoms with van der Waals surface area (Å²) in [4.78, 5) is 14.3. The first-order valence-electron chi connectivity index (χ1n) is 8.55. The van der Waals surface area contributed by atoms with Gasteiger partial charge in [-0.1, -0.05) is 29.3 Å². The second-order valence-corrected chi connectivity index (χ2v) is 10.2. The van der Waals surface area contributed by atoms with E-state index in [4.69, 9.17) is 16.3 Å². The Kier molecular flexibility index (Phi) is 6.10. The molecule has 146 valence electrons. The van der Waals surface area contributed by atoms with Crippen molar-refractivity contribution in [3.8, 4) is 5.75 Å². The number of rotatable bonds is 5. The maximum atomic E-state index is 12.6. The highest BCUT2D eigenvalue weighted by Crippen LogP contribution is 2.28. The van der Waals surface area contributed by atoms with Crippen molar-refractivity contribution in [1.82, 2.24) is 9.21 Å². The number of thiophene rings is 1. The van der Waals surface area contributed by atoms with Crippen LogP contribution in [0, 0.1) is 6.92 Å². The van der Waals surface area contributed by atoms with E-state index in [2.05, 4.69) is 0 Å². The third kappa shape index (κ3) is 4.63. The molecule has 1 aliphatic rings. The molecule has 1 aliphatic heterocycles. The van der Waals surface area contributed by atoms with Gasteiger partial charge in [0.2, 0.25) is 0 Å². The smallest absolute Gasteiger partial charge is 0.263 e. The van der Waals surface area contributed by atoms with Crippen LogP contribution in [0.15, 0.2) is 40.6 Å². The summed E-state index contributed by atoms with van der Waals surface area (Å²) in [5.74, 6) is 0.490. The summed E-state index contributed by atoms with van der Waals surface area (Å²) < 4.78 is 33.0. The highest BCUT2D eigenvalue weighted by molar-refractivity contribution is 7.91. The first-order valence-corrected chi connectivity index (χ1v) is 11.2. The number of benzene rings is 1. The van der Waals surface area contributed by atoms with E-state index < -0.39 is 16.1 Å². The molecule has 0 saturated carbocycles. The van der Waals surface area contributed by atoms with Gasteiger partial charge in [0.15, 0.2) is 6.10 Å². The van der Waals surface area contributed by atoms with Crippen LogP contribution in [-0.4, -0.2) is 55.8 Å². The van der Waals surface area contributed by atoms with Gasteiger partial charge in [0.25, 0.3) is 15.9 Å². The lowest BCUT2D eigenvalue weighted by molar-refractivity contribution is -0.139. The van der Waals surface area contributed by atoms with Gasteiger partial charge < -0.3 is 9.64 Å². The molecule has 2 heterocycles. The summed E-state index contributed by atoms with van der Waals surface area (Å²) in [6.07, 6.45) is -0.632. The molecule has 0 aliphatic carbocycles. The van der Waals surface area contributed by atoms with Crippen LogP contribution in [0.2, 0.25) is 4.34 Å². The zero-order chi connectivity index (χ0) is 19.6. The van der Waals surface area contributed by atoms with E-state index in [9.17, 15) is 13.2 Å². The molecule has 6 nitrogen and oxygen atoms in total. The molecule has 27 heavy (non-hydrogen) atoms. The number of amides is 1. The number of hydrogen-bond donors (Lipinski definition) is 0. The summed E-state index contributed by atoms with van der Waals surface area (Å²) in [6, 6.07) is 10.6. The normalized spacial score (nSPS) is 16.9.